The molecule has 0 amide bonds. The standard InChI is InChI=1S/C42H22B4O/c43-39-37-34(24-11-2-1-3-12-24)28-15-6-7-16-29(28)36(38(37)40(44)42(46)41(39)45)31-18-9-19-32-35(31)30-21-20-25(22-33(30)47-32)27-17-8-13-23-10-4-5-14-26(23)27/h1-22H. The molecule has 8 aromatic carbocycles. The summed E-state index contributed by atoms with van der Waals surface area (Å²) in [5.74, 6) is 0. The average Bonchev–Trinajstić information content (AvgIpc) is 3.50. The summed E-state index contributed by atoms with van der Waals surface area (Å²) in [6, 6.07) is 46.1. The molecule has 0 aliphatic rings. The summed E-state index contributed by atoms with van der Waals surface area (Å²) in [6.07, 6.45) is 0. The average molecular weight is 586 g/mol. The van der Waals surface area contributed by atoms with E-state index in [-0.39, 0.29) is 5.46 Å². The van der Waals surface area contributed by atoms with Crippen LogP contribution in [0.2, 0.25) is 0 Å². The highest BCUT2D eigenvalue weighted by molar-refractivity contribution is 6.68. The second kappa shape index (κ2) is 10.6. The molecule has 0 unspecified atom stereocenters. The zero-order valence-corrected chi connectivity index (χ0v) is 25.4. The van der Waals surface area contributed by atoms with Gasteiger partial charge in [0, 0.05) is 10.8 Å². The van der Waals surface area contributed by atoms with Crippen molar-refractivity contribution in [2.75, 3.05) is 0 Å². The molecule has 0 N–H and O–H groups in total. The molecule has 0 saturated heterocycles. The Morgan fingerprint density at radius 3 is 1.72 bits per heavy atom. The molecule has 1 aromatic heterocycles. The molecule has 9 rings (SSSR count). The van der Waals surface area contributed by atoms with Gasteiger partial charge in [0.25, 0.3) is 0 Å². The smallest absolute Gasteiger partial charge is 0.136 e. The van der Waals surface area contributed by atoms with Gasteiger partial charge in [-0.25, -0.2) is 0 Å². The highest BCUT2D eigenvalue weighted by Crippen LogP contribution is 2.46. The van der Waals surface area contributed by atoms with Crippen LogP contribution in [0.15, 0.2) is 138 Å². The minimum absolute atomic E-state index is 0.287. The van der Waals surface area contributed by atoms with Crippen LogP contribution in [-0.2, 0) is 0 Å². The summed E-state index contributed by atoms with van der Waals surface area (Å²) in [5, 5.41) is 8.05. The van der Waals surface area contributed by atoms with Crippen molar-refractivity contribution in [2.45, 2.75) is 0 Å². The molecule has 0 aliphatic carbocycles. The maximum Gasteiger partial charge on any atom is 0.136 e. The Hall–Kier alpha value is -5.40. The van der Waals surface area contributed by atoms with E-state index in [2.05, 4.69) is 97.1 Å². The number of furan rings is 1. The van der Waals surface area contributed by atoms with Crippen molar-refractivity contribution in [3.05, 3.63) is 133 Å². The zero-order valence-electron chi connectivity index (χ0n) is 25.4. The van der Waals surface area contributed by atoms with Crippen molar-refractivity contribution < 1.29 is 4.42 Å². The highest BCUT2D eigenvalue weighted by atomic mass is 16.3. The SMILES string of the molecule is [B]c1c([B])c([B])c2c(-c3cccc4oc5cc(-c6cccc7ccccc67)ccc5c34)c3ccccc3c(-c3ccccc3)c2c1[B]. The van der Waals surface area contributed by atoms with E-state index in [9.17, 15) is 0 Å². The molecule has 9 aromatic rings. The van der Waals surface area contributed by atoms with Crippen LogP contribution in [0.4, 0.5) is 0 Å². The first kappa shape index (κ1) is 27.9. The Morgan fingerprint density at radius 2 is 0.957 bits per heavy atom. The van der Waals surface area contributed by atoms with E-state index in [0.717, 1.165) is 76.9 Å². The van der Waals surface area contributed by atoms with Gasteiger partial charge in [-0.3, -0.25) is 0 Å². The molecular formula is C42H22B4O. The minimum Gasteiger partial charge on any atom is -0.456 e. The lowest BCUT2D eigenvalue weighted by Gasteiger charge is -2.25. The lowest BCUT2D eigenvalue weighted by Crippen LogP contribution is -2.48. The number of benzene rings is 8. The third-order valence-electron chi connectivity index (χ3n) is 9.55. The van der Waals surface area contributed by atoms with Crippen molar-refractivity contribution in [1.82, 2.24) is 0 Å². The molecule has 208 valence electrons. The van der Waals surface area contributed by atoms with Gasteiger partial charge in [-0.2, -0.15) is 0 Å². The summed E-state index contributed by atoms with van der Waals surface area (Å²) in [6.45, 7) is 0. The topological polar surface area (TPSA) is 13.1 Å². The molecule has 5 heteroatoms. The highest BCUT2D eigenvalue weighted by Gasteiger charge is 2.23. The maximum atomic E-state index is 6.94. The molecule has 0 atom stereocenters. The van der Waals surface area contributed by atoms with Crippen molar-refractivity contribution in [2.24, 2.45) is 0 Å². The second-order valence-corrected chi connectivity index (χ2v) is 12.1. The Labute approximate surface area is 277 Å². The zero-order chi connectivity index (χ0) is 31.8. The third-order valence-corrected chi connectivity index (χ3v) is 9.55. The fourth-order valence-corrected chi connectivity index (χ4v) is 7.40. The molecule has 8 radical (unpaired) electrons. The van der Waals surface area contributed by atoms with Crippen LogP contribution in [0.3, 0.4) is 0 Å². The second-order valence-electron chi connectivity index (χ2n) is 12.1. The van der Waals surface area contributed by atoms with Crippen LogP contribution in [0.5, 0.6) is 0 Å². The van der Waals surface area contributed by atoms with E-state index in [0.29, 0.717) is 16.4 Å². The first-order valence-electron chi connectivity index (χ1n) is 15.6. The van der Waals surface area contributed by atoms with E-state index >= 15 is 0 Å². The number of hydrogen-bond donors (Lipinski definition) is 0. The number of rotatable bonds is 3. The Balaban J connectivity index is 1.41. The van der Waals surface area contributed by atoms with Crippen molar-refractivity contribution >= 4 is 107 Å². The first-order valence-corrected chi connectivity index (χ1v) is 15.6. The van der Waals surface area contributed by atoms with Gasteiger partial charge in [0.15, 0.2) is 0 Å². The molecule has 0 fully saturated rings. The quantitative estimate of drug-likeness (QED) is 0.158. The molecule has 0 bridgehead atoms. The van der Waals surface area contributed by atoms with Gasteiger partial charge in [-0.15, -0.1) is 10.9 Å². The van der Waals surface area contributed by atoms with Gasteiger partial charge in [0.05, 0.1) is 0 Å². The van der Waals surface area contributed by atoms with E-state index in [1.165, 1.54) is 10.8 Å². The third kappa shape index (κ3) is 4.09. The Morgan fingerprint density at radius 1 is 0.362 bits per heavy atom. The molecular weight excluding hydrogens is 564 g/mol. The first-order chi connectivity index (χ1) is 23.0. The predicted octanol–water partition coefficient (Wildman–Crippen LogP) is 7.22. The van der Waals surface area contributed by atoms with Gasteiger partial charge in [0.1, 0.15) is 42.6 Å². The molecule has 0 saturated carbocycles. The van der Waals surface area contributed by atoms with Crippen LogP contribution in [-0.4, -0.2) is 31.4 Å². The molecule has 0 aliphatic heterocycles. The van der Waals surface area contributed by atoms with Gasteiger partial charge >= 0.3 is 0 Å². The monoisotopic (exact) mass is 586 g/mol. The molecule has 47 heavy (non-hydrogen) atoms. The maximum absolute atomic E-state index is 6.94. The minimum atomic E-state index is 0.287. The van der Waals surface area contributed by atoms with E-state index < -0.39 is 0 Å². The van der Waals surface area contributed by atoms with Crippen molar-refractivity contribution in [1.29, 1.82) is 0 Å². The van der Waals surface area contributed by atoms with Crippen molar-refractivity contribution in [3.63, 3.8) is 0 Å². The van der Waals surface area contributed by atoms with Crippen LogP contribution in [0, 0.1) is 0 Å². The molecule has 1 nitrogen and oxygen atoms in total. The van der Waals surface area contributed by atoms with Gasteiger partial charge < -0.3 is 4.42 Å². The lowest BCUT2D eigenvalue weighted by molar-refractivity contribution is 0.669. The van der Waals surface area contributed by atoms with E-state index in [1.54, 1.807) is 0 Å². The van der Waals surface area contributed by atoms with Crippen LogP contribution >= 0.6 is 0 Å². The van der Waals surface area contributed by atoms with Crippen LogP contribution in [0.1, 0.15) is 0 Å². The predicted molar refractivity (Wildman–Crippen MR) is 204 cm³/mol. The largest absolute Gasteiger partial charge is 0.456 e. The fraction of sp³-hybridized carbons (Fsp3) is 0. The molecule has 0 spiro atoms. The van der Waals surface area contributed by atoms with Gasteiger partial charge in [-0.1, -0.05) is 126 Å². The number of hydrogen-bond acceptors (Lipinski definition) is 1. The summed E-state index contributed by atoms with van der Waals surface area (Å²) >= 11 is 0. The summed E-state index contributed by atoms with van der Waals surface area (Å²) in [4.78, 5) is 0. The van der Waals surface area contributed by atoms with Crippen LogP contribution < -0.4 is 21.9 Å². The Kier molecular flexibility index (Phi) is 6.27. The van der Waals surface area contributed by atoms with Crippen molar-refractivity contribution in [3.8, 4) is 33.4 Å². The van der Waals surface area contributed by atoms with E-state index in [4.69, 9.17) is 35.8 Å². The lowest BCUT2D eigenvalue weighted by atomic mass is 9.62. The van der Waals surface area contributed by atoms with Crippen LogP contribution in [0.25, 0.3) is 87.6 Å². The molecule has 1 heterocycles. The normalized spacial score (nSPS) is 11.7. The Bertz CT molecular complexity index is 2720. The van der Waals surface area contributed by atoms with Gasteiger partial charge in [-0.05, 0) is 83.9 Å². The summed E-state index contributed by atoms with van der Waals surface area (Å²) < 4.78 is 6.60. The fourth-order valence-electron chi connectivity index (χ4n) is 7.40. The summed E-state index contributed by atoms with van der Waals surface area (Å²) in [7, 11) is 26.9. The number of fused-ring (bicyclic) bond motifs is 6. The van der Waals surface area contributed by atoms with E-state index in [1.807, 2.05) is 36.4 Å². The summed E-state index contributed by atoms with van der Waals surface area (Å²) in [5.41, 5.74) is 9.17. The van der Waals surface area contributed by atoms with Gasteiger partial charge in [0.2, 0.25) is 0 Å².